The number of aryl methyl sites for hydroxylation is 1. The predicted octanol–water partition coefficient (Wildman–Crippen LogP) is 6.06. The first-order chi connectivity index (χ1) is 18.9. The van der Waals surface area contributed by atoms with Gasteiger partial charge in [0.1, 0.15) is 5.00 Å². The molecule has 1 amide bonds. The van der Waals surface area contributed by atoms with Crippen molar-refractivity contribution in [2.24, 2.45) is 0 Å². The SMILES string of the molecule is CCOC(=O)c1c(NC(=O)c2ccc(CN(c3ccccc3)S(=O)(=O)c3ccccc3)cc2)sc2c1CCC2. The molecule has 0 unspecified atom stereocenters. The summed E-state index contributed by atoms with van der Waals surface area (Å²) in [6.45, 7) is 2.11. The van der Waals surface area contributed by atoms with E-state index in [1.807, 2.05) is 6.07 Å². The van der Waals surface area contributed by atoms with Crippen LogP contribution < -0.4 is 9.62 Å². The van der Waals surface area contributed by atoms with Crippen LogP contribution in [0.4, 0.5) is 10.7 Å². The molecule has 0 atom stereocenters. The molecule has 0 fully saturated rings. The third-order valence-electron chi connectivity index (χ3n) is 6.55. The highest BCUT2D eigenvalue weighted by molar-refractivity contribution is 7.92. The monoisotopic (exact) mass is 560 g/mol. The van der Waals surface area contributed by atoms with Crippen molar-refractivity contribution < 1.29 is 22.7 Å². The summed E-state index contributed by atoms with van der Waals surface area (Å²) < 4.78 is 33.7. The Morgan fingerprint density at radius 2 is 1.59 bits per heavy atom. The lowest BCUT2D eigenvalue weighted by Crippen LogP contribution is -2.30. The van der Waals surface area contributed by atoms with Crippen molar-refractivity contribution in [3.8, 4) is 0 Å². The molecule has 0 saturated heterocycles. The molecular weight excluding hydrogens is 532 g/mol. The number of fused-ring (bicyclic) bond motifs is 1. The molecule has 0 aliphatic heterocycles. The third kappa shape index (κ3) is 5.60. The Morgan fingerprint density at radius 3 is 2.26 bits per heavy atom. The normalized spacial score (nSPS) is 12.5. The van der Waals surface area contributed by atoms with Crippen LogP contribution in [0.25, 0.3) is 0 Å². The average Bonchev–Trinajstić information content (AvgIpc) is 3.54. The summed E-state index contributed by atoms with van der Waals surface area (Å²) in [7, 11) is -3.82. The summed E-state index contributed by atoms with van der Waals surface area (Å²) in [6.07, 6.45) is 2.68. The Hall–Kier alpha value is -3.95. The van der Waals surface area contributed by atoms with Crippen molar-refractivity contribution >= 4 is 43.9 Å². The van der Waals surface area contributed by atoms with Crippen molar-refractivity contribution in [2.75, 3.05) is 16.2 Å². The fourth-order valence-electron chi connectivity index (χ4n) is 4.64. The number of hydrogen-bond donors (Lipinski definition) is 1. The number of rotatable bonds is 9. The Morgan fingerprint density at radius 1 is 0.923 bits per heavy atom. The molecule has 1 N–H and O–H groups in total. The molecule has 0 bridgehead atoms. The third-order valence-corrected chi connectivity index (χ3v) is 9.54. The molecule has 1 aliphatic carbocycles. The smallest absolute Gasteiger partial charge is 0.341 e. The number of amides is 1. The minimum absolute atomic E-state index is 0.0911. The van der Waals surface area contributed by atoms with Gasteiger partial charge in [-0.25, -0.2) is 13.2 Å². The van der Waals surface area contributed by atoms with E-state index >= 15 is 0 Å². The number of carbonyl (C=O) groups excluding carboxylic acids is 2. The van der Waals surface area contributed by atoms with Gasteiger partial charge in [0.15, 0.2) is 0 Å². The summed E-state index contributed by atoms with van der Waals surface area (Å²) >= 11 is 1.43. The van der Waals surface area contributed by atoms with E-state index in [9.17, 15) is 18.0 Å². The highest BCUT2D eigenvalue weighted by atomic mass is 32.2. The Bertz CT molecular complexity index is 1580. The van der Waals surface area contributed by atoms with Crippen LogP contribution in [0.1, 0.15) is 50.1 Å². The number of para-hydroxylation sites is 1. The lowest BCUT2D eigenvalue weighted by molar-refractivity contribution is 0.0527. The van der Waals surface area contributed by atoms with E-state index in [2.05, 4.69) is 5.32 Å². The molecule has 200 valence electrons. The molecule has 5 rings (SSSR count). The first-order valence-electron chi connectivity index (χ1n) is 12.7. The van der Waals surface area contributed by atoms with Gasteiger partial charge in [-0.2, -0.15) is 0 Å². The molecule has 9 heteroatoms. The molecule has 39 heavy (non-hydrogen) atoms. The van der Waals surface area contributed by atoms with Crippen molar-refractivity contribution in [2.45, 2.75) is 37.6 Å². The molecule has 4 aromatic rings. The fourth-order valence-corrected chi connectivity index (χ4v) is 7.39. The maximum absolute atomic E-state index is 13.5. The minimum Gasteiger partial charge on any atom is -0.462 e. The number of sulfonamides is 1. The molecule has 7 nitrogen and oxygen atoms in total. The van der Waals surface area contributed by atoms with E-state index < -0.39 is 16.0 Å². The van der Waals surface area contributed by atoms with E-state index in [4.69, 9.17) is 4.74 Å². The number of anilines is 2. The molecule has 1 heterocycles. The quantitative estimate of drug-likeness (QED) is 0.251. The van der Waals surface area contributed by atoms with E-state index in [1.165, 1.54) is 15.6 Å². The van der Waals surface area contributed by atoms with Gasteiger partial charge in [-0.1, -0.05) is 48.5 Å². The van der Waals surface area contributed by atoms with E-state index in [0.717, 1.165) is 35.3 Å². The zero-order valence-electron chi connectivity index (χ0n) is 21.4. The highest BCUT2D eigenvalue weighted by Crippen LogP contribution is 2.39. The van der Waals surface area contributed by atoms with Crippen LogP contribution in [0.15, 0.2) is 89.8 Å². The number of hydrogen-bond acceptors (Lipinski definition) is 6. The summed E-state index contributed by atoms with van der Waals surface area (Å²) in [5.41, 5.74) is 3.10. The maximum Gasteiger partial charge on any atom is 0.341 e. The molecule has 0 radical (unpaired) electrons. The average molecular weight is 561 g/mol. The minimum atomic E-state index is -3.82. The van der Waals surface area contributed by atoms with Gasteiger partial charge in [-0.15, -0.1) is 11.3 Å². The van der Waals surface area contributed by atoms with Crippen LogP contribution >= 0.6 is 11.3 Å². The summed E-state index contributed by atoms with van der Waals surface area (Å²) in [6, 6.07) is 24.0. The molecule has 0 spiro atoms. The standard InChI is InChI=1S/C30H28N2O5S2/c1-2-37-30(34)27-25-14-9-15-26(25)38-29(27)31-28(33)22-18-16-21(17-19-22)20-32(23-10-5-3-6-11-23)39(35,36)24-12-7-4-8-13-24/h3-8,10-13,16-19H,2,9,14-15,20H2,1H3,(H,31,33). The molecule has 1 aromatic heterocycles. The highest BCUT2D eigenvalue weighted by Gasteiger charge is 2.29. The molecule has 0 saturated carbocycles. The van der Waals surface area contributed by atoms with Crippen molar-refractivity contribution in [1.82, 2.24) is 0 Å². The van der Waals surface area contributed by atoms with Crippen LogP contribution in [0.5, 0.6) is 0 Å². The van der Waals surface area contributed by atoms with E-state index in [-0.39, 0.29) is 24.0 Å². The first-order valence-corrected chi connectivity index (χ1v) is 15.0. The van der Waals surface area contributed by atoms with Gasteiger partial charge in [0.05, 0.1) is 29.3 Å². The van der Waals surface area contributed by atoms with Gasteiger partial charge >= 0.3 is 5.97 Å². The van der Waals surface area contributed by atoms with Crippen molar-refractivity contribution in [3.63, 3.8) is 0 Å². The molecule has 3 aromatic carbocycles. The molecular formula is C30H28N2O5S2. The van der Waals surface area contributed by atoms with Gasteiger partial charge in [-0.05, 0) is 73.7 Å². The lowest BCUT2D eigenvalue weighted by atomic mass is 10.1. The number of carbonyl (C=O) groups is 2. The van der Waals surface area contributed by atoms with Gasteiger partial charge in [0, 0.05) is 10.4 Å². The predicted molar refractivity (Wildman–Crippen MR) is 153 cm³/mol. The Balaban J connectivity index is 1.37. The zero-order chi connectivity index (χ0) is 27.4. The summed E-state index contributed by atoms with van der Waals surface area (Å²) in [5, 5.41) is 3.41. The van der Waals surface area contributed by atoms with E-state index in [1.54, 1.807) is 85.8 Å². The fraction of sp³-hybridized carbons (Fsp3) is 0.200. The van der Waals surface area contributed by atoms with Gasteiger partial charge in [0.25, 0.3) is 15.9 Å². The molecule has 1 aliphatic rings. The Kier molecular flexibility index (Phi) is 7.81. The topological polar surface area (TPSA) is 92.8 Å². The van der Waals surface area contributed by atoms with Gasteiger partial charge in [-0.3, -0.25) is 9.10 Å². The second-order valence-corrected chi connectivity index (χ2v) is 12.1. The lowest BCUT2D eigenvalue weighted by Gasteiger charge is -2.25. The van der Waals surface area contributed by atoms with Crippen molar-refractivity contribution in [1.29, 1.82) is 0 Å². The number of benzene rings is 3. The maximum atomic E-state index is 13.5. The number of esters is 1. The number of thiophene rings is 1. The number of nitrogens with zero attached hydrogens (tertiary/aromatic N) is 1. The van der Waals surface area contributed by atoms with Crippen LogP contribution in [0.3, 0.4) is 0 Å². The largest absolute Gasteiger partial charge is 0.462 e. The summed E-state index contributed by atoms with van der Waals surface area (Å²) in [4.78, 5) is 27.1. The Labute approximate surface area is 232 Å². The van der Waals surface area contributed by atoms with Gasteiger partial charge in [0.2, 0.25) is 0 Å². The number of ether oxygens (including phenoxy) is 1. The zero-order valence-corrected chi connectivity index (χ0v) is 23.1. The van der Waals surface area contributed by atoms with Gasteiger partial charge < -0.3 is 10.1 Å². The van der Waals surface area contributed by atoms with Crippen LogP contribution in [0, 0.1) is 0 Å². The first kappa shape index (κ1) is 26.6. The van der Waals surface area contributed by atoms with Crippen LogP contribution in [-0.2, 0) is 34.1 Å². The van der Waals surface area contributed by atoms with Crippen molar-refractivity contribution in [3.05, 3.63) is 112 Å². The number of nitrogens with one attached hydrogen (secondary N) is 1. The second-order valence-electron chi connectivity index (χ2n) is 9.09. The van der Waals surface area contributed by atoms with Crippen LogP contribution in [0.2, 0.25) is 0 Å². The van der Waals surface area contributed by atoms with Crippen LogP contribution in [-0.4, -0.2) is 26.9 Å². The second kappa shape index (κ2) is 11.4. The van der Waals surface area contributed by atoms with E-state index in [0.29, 0.717) is 21.8 Å². The summed E-state index contributed by atoms with van der Waals surface area (Å²) in [5.74, 6) is -0.757.